The van der Waals surface area contributed by atoms with Crippen molar-refractivity contribution in [2.45, 2.75) is 19.1 Å². The summed E-state index contributed by atoms with van der Waals surface area (Å²) in [5.74, 6) is -0.227. The van der Waals surface area contributed by atoms with E-state index in [2.05, 4.69) is 10.3 Å². The molecule has 1 unspecified atom stereocenters. The van der Waals surface area contributed by atoms with E-state index in [1.54, 1.807) is 12.1 Å². The predicted octanol–water partition coefficient (Wildman–Crippen LogP) is 1.59. The van der Waals surface area contributed by atoms with Crippen LogP contribution in [0.1, 0.15) is 5.56 Å². The highest BCUT2D eigenvalue weighted by Crippen LogP contribution is 2.20. The smallest absolute Gasteiger partial charge is 0.378 e. The molecule has 1 fully saturated rings. The van der Waals surface area contributed by atoms with Crippen molar-refractivity contribution >= 4 is 11.7 Å². The van der Waals surface area contributed by atoms with Gasteiger partial charge in [-0.2, -0.15) is 13.2 Å². The number of anilines is 1. The Labute approximate surface area is 120 Å². The second-order valence-electron chi connectivity index (χ2n) is 4.88. The Balaban J connectivity index is 2.04. The summed E-state index contributed by atoms with van der Waals surface area (Å²) in [6, 6.07) is 2.44. The number of amides is 1. The van der Waals surface area contributed by atoms with Gasteiger partial charge in [-0.15, -0.1) is 0 Å². The normalized spacial score (nSPS) is 20.3. The maximum absolute atomic E-state index is 12.5. The SMILES string of the molecule is Cc1ccnc(NC(=O)C2COCCN2CC(F)(F)F)c1. The van der Waals surface area contributed by atoms with Gasteiger partial charge in [0.2, 0.25) is 5.91 Å². The molecule has 0 radical (unpaired) electrons. The van der Waals surface area contributed by atoms with Crippen LogP contribution in [0.4, 0.5) is 19.0 Å². The molecule has 1 aliphatic rings. The molecule has 1 aromatic heterocycles. The van der Waals surface area contributed by atoms with Crippen molar-refractivity contribution in [1.82, 2.24) is 9.88 Å². The van der Waals surface area contributed by atoms with Gasteiger partial charge >= 0.3 is 6.18 Å². The molecule has 116 valence electrons. The van der Waals surface area contributed by atoms with Gasteiger partial charge < -0.3 is 10.1 Å². The average Bonchev–Trinajstić information content (AvgIpc) is 2.37. The molecule has 8 heteroatoms. The van der Waals surface area contributed by atoms with E-state index in [0.29, 0.717) is 5.82 Å². The minimum Gasteiger partial charge on any atom is -0.378 e. The van der Waals surface area contributed by atoms with Gasteiger partial charge in [0.25, 0.3) is 0 Å². The van der Waals surface area contributed by atoms with E-state index in [9.17, 15) is 18.0 Å². The molecule has 21 heavy (non-hydrogen) atoms. The highest BCUT2D eigenvalue weighted by molar-refractivity contribution is 5.94. The van der Waals surface area contributed by atoms with Crippen LogP contribution in [-0.2, 0) is 9.53 Å². The first kappa shape index (κ1) is 15.7. The molecule has 1 saturated heterocycles. The van der Waals surface area contributed by atoms with Crippen LogP contribution in [0.25, 0.3) is 0 Å². The van der Waals surface area contributed by atoms with Gasteiger partial charge in [0.1, 0.15) is 11.9 Å². The van der Waals surface area contributed by atoms with E-state index in [1.807, 2.05) is 6.92 Å². The number of aryl methyl sites for hydroxylation is 1. The van der Waals surface area contributed by atoms with Crippen LogP contribution in [0.2, 0.25) is 0 Å². The Morgan fingerprint density at radius 3 is 3.00 bits per heavy atom. The van der Waals surface area contributed by atoms with Crippen molar-refractivity contribution in [2.75, 3.05) is 31.6 Å². The van der Waals surface area contributed by atoms with E-state index in [4.69, 9.17) is 4.74 Å². The molecule has 5 nitrogen and oxygen atoms in total. The number of nitrogens with one attached hydrogen (secondary N) is 1. The molecule has 1 amide bonds. The summed E-state index contributed by atoms with van der Waals surface area (Å²) in [4.78, 5) is 17.2. The van der Waals surface area contributed by atoms with Gasteiger partial charge in [0.05, 0.1) is 19.8 Å². The molecule has 0 aromatic carbocycles. The molecule has 2 rings (SSSR count). The van der Waals surface area contributed by atoms with Crippen LogP contribution >= 0.6 is 0 Å². The fourth-order valence-corrected chi connectivity index (χ4v) is 2.11. The zero-order valence-electron chi connectivity index (χ0n) is 11.5. The lowest BCUT2D eigenvalue weighted by Crippen LogP contribution is -2.54. The molecule has 0 saturated carbocycles. The van der Waals surface area contributed by atoms with Gasteiger partial charge in [-0.05, 0) is 24.6 Å². The fourth-order valence-electron chi connectivity index (χ4n) is 2.11. The van der Waals surface area contributed by atoms with E-state index in [-0.39, 0.29) is 19.8 Å². The van der Waals surface area contributed by atoms with Gasteiger partial charge in [0.15, 0.2) is 0 Å². The van der Waals surface area contributed by atoms with Crippen molar-refractivity contribution in [3.8, 4) is 0 Å². The van der Waals surface area contributed by atoms with Crippen LogP contribution in [0, 0.1) is 6.92 Å². The average molecular weight is 303 g/mol. The number of rotatable bonds is 3. The lowest BCUT2D eigenvalue weighted by atomic mass is 10.2. The molecule has 1 N–H and O–H groups in total. The molecule has 0 spiro atoms. The minimum absolute atomic E-state index is 0.0618. The molecule has 2 heterocycles. The topological polar surface area (TPSA) is 54.5 Å². The van der Waals surface area contributed by atoms with Gasteiger partial charge in [0, 0.05) is 12.7 Å². The molecule has 0 bridgehead atoms. The third-order valence-corrected chi connectivity index (χ3v) is 3.09. The van der Waals surface area contributed by atoms with Crippen LogP contribution in [-0.4, -0.2) is 54.3 Å². The van der Waals surface area contributed by atoms with Gasteiger partial charge in [-0.1, -0.05) is 0 Å². The van der Waals surface area contributed by atoms with Crippen molar-refractivity contribution in [1.29, 1.82) is 0 Å². The third-order valence-electron chi connectivity index (χ3n) is 3.09. The molecule has 1 aliphatic heterocycles. The number of hydrogen-bond donors (Lipinski definition) is 1. The number of aromatic nitrogens is 1. The zero-order valence-corrected chi connectivity index (χ0v) is 11.5. The summed E-state index contributed by atoms with van der Waals surface area (Å²) in [6.07, 6.45) is -2.83. The number of hydrogen-bond acceptors (Lipinski definition) is 4. The van der Waals surface area contributed by atoms with E-state index in [1.165, 1.54) is 6.20 Å². The van der Waals surface area contributed by atoms with Crippen LogP contribution in [0.15, 0.2) is 18.3 Å². The Kier molecular flexibility index (Phi) is 4.79. The molecule has 1 atom stereocenters. The summed E-state index contributed by atoms with van der Waals surface area (Å²) in [5.41, 5.74) is 0.896. The molecule has 1 aromatic rings. The fraction of sp³-hybridized carbons (Fsp3) is 0.538. The largest absolute Gasteiger partial charge is 0.401 e. The first-order valence-electron chi connectivity index (χ1n) is 6.47. The lowest BCUT2D eigenvalue weighted by Gasteiger charge is -2.34. The van der Waals surface area contributed by atoms with Crippen LogP contribution in [0.5, 0.6) is 0 Å². The van der Waals surface area contributed by atoms with Crippen molar-refractivity contribution in [3.05, 3.63) is 23.9 Å². The maximum atomic E-state index is 12.5. The highest BCUT2D eigenvalue weighted by atomic mass is 19.4. The molecule has 0 aliphatic carbocycles. The van der Waals surface area contributed by atoms with E-state index < -0.39 is 24.7 Å². The number of halogens is 3. The summed E-state index contributed by atoms with van der Waals surface area (Å²) >= 11 is 0. The number of morpholine rings is 1. The van der Waals surface area contributed by atoms with Gasteiger partial charge in [-0.25, -0.2) is 4.98 Å². The van der Waals surface area contributed by atoms with E-state index in [0.717, 1.165) is 10.5 Å². The van der Waals surface area contributed by atoms with Crippen molar-refractivity contribution in [3.63, 3.8) is 0 Å². The van der Waals surface area contributed by atoms with Crippen molar-refractivity contribution < 1.29 is 22.7 Å². The third kappa shape index (κ3) is 4.68. The Hall–Kier alpha value is -1.67. The Morgan fingerprint density at radius 2 is 2.33 bits per heavy atom. The summed E-state index contributed by atoms with van der Waals surface area (Å²) in [6.45, 7) is 0.891. The van der Waals surface area contributed by atoms with E-state index >= 15 is 0 Å². The minimum atomic E-state index is -4.35. The number of alkyl halides is 3. The highest BCUT2D eigenvalue weighted by Gasteiger charge is 2.38. The number of carbonyl (C=O) groups is 1. The quantitative estimate of drug-likeness (QED) is 0.921. The summed E-state index contributed by atoms with van der Waals surface area (Å²) < 4.78 is 42.7. The monoisotopic (exact) mass is 303 g/mol. The number of nitrogens with zero attached hydrogens (tertiary/aromatic N) is 2. The lowest BCUT2D eigenvalue weighted by molar-refractivity contribution is -0.165. The van der Waals surface area contributed by atoms with Crippen molar-refractivity contribution in [2.24, 2.45) is 0 Å². The first-order valence-corrected chi connectivity index (χ1v) is 6.47. The van der Waals surface area contributed by atoms with Gasteiger partial charge in [-0.3, -0.25) is 9.69 Å². The van der Waals surface area contributed by atoms with Crippen LogP contribution in [0.3, 0.4) is 0 Å². The summed E-state index contributed by atoms with van der Waals surface area (Å²) in [7, 11) is 0. The second-order valence-corrected chi connectivity index (χ2v) is 4.88. The Morgan fingerprint density at radius 1 is 1.57 bits per heavy atom. The Bertz CT molecular complexity index is 508. The number of ether oxygens (including phenoxy) is 1. The number of pyridine rings is 1. The second kappa shape index (κ2) is 6.40. The van der Waals surface area contributed by atoms with Crippen LogP contribution < -0.4 is 5.32 Å². The number of carbonyl (C=O) groups excluding carboxylic acids is 1. The molecular formula is C13H16F3N3O2. The zero-order chi connectivity index (χ0) is 15.5. The molecular weight excluding hydrogens is 287 g/mol. The first-order chi connectivity index (χ1) is 9.85. The maximum Gasteiger partial charge on any atom is 0.401 e. The standard InChI is InChI=1S/C13H16F3N3O2/c1-9-2-3-17-11(6-9)18-12(20)10-7-21-5-4-19(10)8-13(14,15)16/h2-3,6,10H,4-5,7-8H2,1H3,(H,17,18,20). The summed E-state index contributed by atoms with van der Waals surface area (Å²) in [5, 5.41) is 2.53. The predicted molar refractivity (Wildman–Crippen MR) is 69.8 cm³/mol.